The molecule has 1 aliphatic carbocycles. The molecule has 0 aromatic rings. The van der Waals surface area contributed by atoms with Crippen molar-refractivity contribution < 1.29 is 4.79 Å². The smallest absolute Gasteiger partial charge is 0.223 e. The molecule has 0 spiro atoms. The molecule has 1 aliphatic rings. The molecular weight excluding hydrogens is 222 g/mol. The first-order valence-corrected chi connectivity index (χ1v) is 6.83. The number of amides is 1. The maximum Gasteiger partial charge on any atom is 0.223 e. The van der Waals surface area contributed by atoms with Crippen molar-refractivity contribution in [3.05, 3.63) is 0 Å². The van der Waals surface area contributed by atoms with Crippen LogP contribution in [0, 0.1) is 11.3 Å². The second kappa shape index (κ2) is 5.90. The molecule has 0 saturated heterocycles. The minimum atomic E-state index is 0.0819. The van der Waals surface area contributed by atoms with Gasteiger partial charge in [0.15, 0.2) is 0 Å². The van der Waals surface area contributed by atoms with E-state index in [2.05, 4.69) is 26.1 Å². The number of carbonyl (C=O) groups is 1. The van der Waals surface area contributed by atoms with Gasteiger partial charge >= 0.3 is 0 Å². The highest BCUT2D eigenvalue weighted by molar-refractivity contribution is 6.20. The summed E-state index contributed by atoms with van der Waals surface area (Å²) >= 11 is 6.09. The molecule has 2 atom stereocenters. The molecule has 1 N–H and O–H groups in total. The summed E-state index contributed by atoms with van der Waals surface area (Å²) in [5, 5.41) is 3.08. The Morgan fingerprint density at radius 1 is 1.56 bits per heavy atom. The normalized spacial score (nSPS) is 25.4. The first-order valence-electron chi connectivity index (χ1n) is 6.39. The number of alkyl halides is 1. The third-order valence-corrected chi connectivity index (χ3v) is 4.05. The molecule has 1 rings (SSSR count). The van der Waals surface area contributed by atoms with E-state index in [1.54, 1.807) is 0 Å². The van der Waals surface area contributed by atoms with Gasteiger partial charge in [-0.1, -0.05) is 33.6 Å². The van der Waals surface area contributed by atoms with Crippen LogP contribution < -0.4 is 5.32 Å². The van der Waals surface area contributed by atoms with Gasteiger partial charge in [0.1, 0.15) is 0 Å². The van der Waals surface area contributed by atoms with Crippen molar-refractivity contribution in [3.63, 3.8) is 0 Å². The minimum Gasteiger partial charge on any atom is -0.354 e. The summed E-state index contributed by atoms with van der Waals surface area (Å²) in [5.74, 6) is 0.377. The van der Waals surface area contributed by atoms with Crippen LogP contribution in [0.2, 0.25) is 0 Å². The minimum absolute atomic E-state index is 0.0819. The summed E-state index contributed by atoms with van der Waals surface area (Å²) in [6.45, 7) is 7.10. The molecule has 94 valence electrons. The van der Waals surface area contributed by atoms with Gasteiger partial charge in [-0.25, -0.2) is 0 Å². The third kappa shape index (κ3) is 3.65. The van der Waals surface area contributed by atoms with Gasteiger partial charge in [-0.05, 0) is 24.7 Å². The molecule has 0 aromatic heterocycles. The van der Waals surface area contributed by atoms with Crippen LogP contribution in [0.4, 0.5) is 0 Å². The van der Waals surface area contributed by atoms with Gasteiger partial charge in [-0.2, -0.15) is 0 Å². The Morgan fingerprint density at radius 3 is 2.75 bits per heavy atom. The van der Waals surface area contributed by atoms with E-state index in [1.165, 1.54) is 6.42 Å². The van der Waals surface area contributed by atoms with E-state index in [9.17, 15) is 4.79 Å². The summed E-state index contributed by atoms with van der Waals surface area (Å²) in [6.07, 6.45) is 5.39. The number of hydrogen-bond donors (Lipinski definition) is 1. The summed E-state index contributed by atoms with van der Waals surface area (Å²) in [7, 11) is 0. The number of hydrogen-bond acceptors (Lipinski definition) is 1. The SMILES string of the molecule is CCCC(Cl)CNC(=O)C1CCCC1(C)C. The molecule has 2 nitrogen and oxygen atoms in total. The topological polar surface area (TPSA) is 29.1 Å². The Hall–Kier alpha value is -0.240. The Kier molecular flexibility index (Phi) is 5.10. The van der Waals surface area contributed by atoms with Gasteiger partial charge in [0.25, 0.3) is 0 Å². The lowest BCUT2D eigenvalue weighted by atomic mass is 9.81. The van der Waals surface area contributed by atoms with E-state index in [0.717, 1.165) is 25.7 Å². The lowest BCUT2D eigenvalue weighted by Gasteiger charge is -2.26. The van der Waals surface area contributed by atoms with E-state index in [0.29, 0.717) is 6.54 Å². The predicted molar refractivity (Wildman–Crippen MR) is 68.7 cm³/mol. The lowest BCUT2D eigenvalue weighted by molar-refractivity contribution is -0.127. The molecule has 0 bridgehead atoms. The average molecular weight is 246 g/mol. The first-order chi connectivity index (χ1) is 7.47. The zero-order valence-electron chi connectivity index (χ0n) is 10.7. The van der Waals surface area contributed by atoms with Crippen LogP contribution in [0.1, 0.15) is 52.9 Å². The maximum absolute atomic E-state index is 12.0. The van der Waals surface area contributed by atoms with Crippen LogP contribution in [-0.2, 0) is 4.79 Å². The van der Waals surface area contributed by atoms with E-state index >= 15 is 0 Å². The van der Waals surface area contributed by atoms with Crippen molar-refractivity contribution in [2.24, 2.45) is 11.3 Å². The second-order valence-electron chi connectivity index (χ2n) is 5.56. The van der Waals surface area contributed by atoms with Gasteiger partial charge in [-0.3, -0.25) is 4.79 Å². The highest BCUT2D eigenvalue weighted by Crippen LogP contribution is 2.42. The molecule has 16 heavy (non-hydrogen) atoms. The standard InChI is InChI=1S/C13H24ClNO/c1-4-6-10(14)9-15-12(16)11-7-5-8-13(11,2)3/h10-11H,4-9H2,1-3H3,(H,15,16). The van der Waals surface area contributed by atoms with E-state index < -0.39 is 0 Å². The largest absolute Gasteiger partial charge is 0.354 e. The molecule has 0 aromatic carbocycles. The van der Waals surface area contributed by atoms with Gasteiger partial charge in [0, 0.05) is 12.5 Å². The van der Waals surface area contributed by atoms with Crippen molar-refractivity contribution in [3.8, 4) is 0 Å². The van der Waals surface area contributed by atoms with Crippen molar-refractivity contribution in [2.75, 3.05) is 6.54 Å². The molecule has 0 aliphatic heterocycles. The fourth-order valence-electron chi connectivity index (χ4n) is 2.56. The molecular formula is C13H24ClNO. The molecule has 3 heteroatoms. The summed E-state index contributed by atoms with van der Waals surface area (Å²) in [4.78, 5) is 12.0. The highest BCUT2D eigenvalue weighted by atomic mass is 35.5. The number of nitrogens with one attached hydrogen (secondary N) is 1. The Labute approximate surface area is 104 Å². The fourth-order valence-corrected chi connectivity index (χ4v) is 2.86. The molecule has 0 heterocycles. The molecule has 2 unspecified atom stereocenters. The number of rotatable bonds is 5. The van der Waals surface area contributed by atoms with E-state index in [4.69, 9.17) is 11.6 Å². The molecule has 1 saturated carbocycles. The average Bonchev–Trinajstić information content (AvgIpc) is 2.55. The predicted octanol–water partition coefficient (Wildman–Crippen LogP) is 3.34. The first kappa shape index (κ1) is 13.8. The Bertz CT molecular complexity index is 240. The van der Waals surface area contributed by atoms with Gasteiger partial charge < -0.3 is 5.32 Å². The van der Waals surface area contributed by atoms with Crippen molar-refractivity contribution >= 4 is 17.5 Å². The van der Waals surface area contributed by atoms with Crippen LogP contribution in [-0.4, -0.2) is 17.8 Å². The van der Waals surface area contributed by atoms with Gasteiger partial charge in [0.2, 0.25) is 5.91 Å². The maximum atomic E-state index is 12.0. The summed E-state index contributed by atoms with van der Waals surface area (Å²) < 4.78 is 0. The molecule has 0 radical (unpaired) electrons. The van der Waals surface area contributed by atoms with Crippen LogP contribution in [0.15, 0.2) is 0 Å². The fraction of sp³-hybridized carbons (Fsp3) is 0.923. The van der Waals surface area contributed by atoms with Crippen LogP contribution >= 0.6 is 11.6 Å². The number of carbonyl (C=O) groups excluding carboxylic acids is 1. The monoisotopic (exact) mass is 245 g/mol. The molecule has 1 fully saturated rings. The van der Waals surface area contributed by atoms with Crippen LogP contribution in [0.3, 0.4) is 0 Å². The Balaban J connectivity index is 2.35. The lowest BCUT2D eigenvalue weighted by Crippen LogP contribution is -2.38. The van der Waals surface area contributed by atoms with Gasteiger partial charge in [0.05, 0.1) is 5.38 Å². The molecule has 1 amide bonds. The Morgan fingerprint density at radius 2 is 2.25 bits per heavy atom. The van der Waals surface area contributed by atoms with Crippen molar-refractivity contribution in [2.45, 2.75) is 58.3 Å². The summed E-state index contributed by atoms with van der Waals surface area (Å²) in [6, 6.07) is 0. The zero-order valence-corrected chi connectivity index (χ0v) is 11.4. The quantitative estimate of drug-likeness (QED) is 0.740. The summed E-state index contributed by atoms with van der Waals surface area (Å²) in [5.41, 5.74) is 0.163. The highest BCUT2D eigenvalue weighted by Gasteiger charge is 2.39. The van der Waals surface area contributed by atoms with Crippen molar-refractivity contribution in [1.29, 1.82) is 0 Å². The zero-order chi connectivity index (χ0) is 12.2. The van der Waals surface area contributed by atoms with Gasteiger partial charge in [-0.15, -0.1) is 11.6 Å². The second-order valence-corrected chi connectivity index (χ2v) is 6.18. The van der Waals surface area contributed by atoms with Crippen molar-refractivity contribution in [1.82, 2.24) is 5.32 Å². The van der Waals surface area contributed by atoms with E-state index in [1.807, 2.05) is 0 Å². The van der Waals surface area contributed by atoms with Crippen LogP contribution in [0.5, 0.6) is 0 Å². The number of halogens is 1. The van der Waals surface area contributed by atoms with Crippen LogP contribution in [0.25, 0.3) is 0 Å². The van der Waals surface area contributed by atoms with E-state index in [-0.39, 0.29) is 22.6 Å². The third-order valence-electron chi connectivity index (χ3n) is 3.67.